The Balaban J connectivity index is 2.80. The maximum atomic E-state index is 5.70. The van der Waals surface area contributed by atoms with Gasteiger partial charge in [-0.3, -0.25) is 0 Å². The van der Waals surface area contributed by atoms with Crippen molar-refractivity contribution in [3.05, 3.63) is 35.0 Å². The van der Waals surface area contributed by atoms with Gasteiger partial charge in [-0.15, -0.1) is 0 Å². The normalized spacial score (nSPS) is 11.6. The fraction of sp³-hybridized carbons (Fsp3) is 0.467. The predicted octanol–water partition coefficient (Wildman–Crippen LogP) is 3.34. The van der Waals surface area contributed by atoms with E-state index in [1.54, 1.807) is 0 Å². The number of hydrogen-bond donors (Lipinski definition) is 1. The number of benzene rings is 1. The molecule has 0 spiro atoms. The quantitative estimate of drug-likeness (QED) is 0.861. The second-order valence-corrected chi connectivity index (χ2v) is 5.14. The van der Waals surface area contributed by atoms with Crippen LogP contribution >= 0.6 is 0 Å². The Hall–Kier alpha value is -1.28. The lowest BCUT2D eigenvalue weighted by Gasteiger charge is -2.08. The summed E-state index contributed by atoms with van der Waals surface area (Å²) < 4.78 is 2.31. The first-order valence-electron chi connectivity index (χ1n) is 6.35. The first-order valence-corrected chi connectivity index (χ1v) is 6.35. The van der Waals surface area contributed by atoms with Crippen molar-refractivity contribution in [2.75, 3.05) is 6.54 Å². The third kappa shape index (κ3) is 1.98. The molecule has 17 heavy (non-hydrogen) atoms. The van der Waals surface area contributed by atoms with E-state index >= 15 is 0 Å². The van der Waals surface area contributed by atoms with E-state index in [0.717, 1.165) is 6.54 Å². The summed E-state index contributed by atoms with van der Waals surface area (Å²) in [5.41, 5.74) is 11.2. The van der Waals surface area contributed by atoms with Crippen LogP contribution in [-0.2, 0) is 6.54 Å². The van der Waals surface area contributed by atoms with Crippen molar-refractivity contribution < 1.29 is 0 Å². The topological polar surface area (TPSA) is 30.9 Å². The molecular formula is C15H22N2. The SMILES string of the molecule is Cc1ccc(C)c2c1c(C(C)C)cn2CCN. The van der Waals surface area contributed by atoms with Crippen LogP contribution in [-0.4, -0.2) is 11.1 Å². The van der Waals surface area contributed by atoms with Gasteiger partial charge >= 0.3 is 0 Å². The minimum atomic E-state index is 0.553. The molecule has 0 aliphatic carbocycles. The molecule has 2 N–H and O–H groups in total. The molecule has 2 nitrogen and oxygen atoms in total. The Labute approximate surface area is 103 Å². The van der Waals surface area contributed by atoms with E-state index in [1.165, 1.54) is 27.6 Å². The molecule has 0 saturated carbocycles. The molecule has 1 heterocycles. The molecule has 1 aromatic heterocycles. The predicted molar refractivity (Wildman–Crippen MR) is 74.6 cm³/mol. The molecule has 2 heteroatoms. The standard InChI is InChI=1S/C15H22N2/c1-10(2)13-9-17(8-7-16)15-12(4)6-5-11(3)14(13)15/h5-6,9-10H,7-8,16H2,1-4H3. The Morgan fingerprint density at radius 1 is 1.18 bits per heavy atom. The monoisotopic (exact) mass is 230 g/mol. The molecular weight excluding hydrogens is 208 g/mol. The number of nitrogens with zero attached hydrogens (tertiary/aromatic N) is 1. The van der Waals surface area contributed by atoms with Crippen LogP contribution in [0.5, 0.6) is 0 Å². The van der Waals surface area contributed by atoms with Crippen molar-refractivity contribution in [3.8, 4) is 0 Å². The van der Waals surface area contributed by atoms with Crippen LogP contribution in [0, 0.1) is 13.8 Å². The molecule has 0 aliphatic heterocycles. The van der Waals surface area contributed by atoms with Gasteiger partial charge in [0.05, 0.1) is 5.52 Å². The van der Waals surface area contributed by atoms with Gasteiger partial charge in [-0.1, -0.05) is 26.0 Å². The Kier molecular flexibility index (Phi) is 3.25. The minimum absolute atomic E-state index is 0.553. The summed E-state index contributed by atoms with van der Waals surface area (Å²) >= 11 is 0. The third-order valence-electron chi connectivity index (χ3n) is 3.45. The van der Waals surface area contributed by atoms with Gasteiger partial charge in [0.15, 0.2) is 0 Å². The van der Waals surface area contributed by atoms with Gasteiger partial charge in [-0.25, -0.2) is 0 Å². The van der Waals surface area contributed by atoms with E-state index in [0.29, 0.717) is 12.5 Å². The zero-order chi connectivity index (χ0) is 12.6. The lowest BCUT2D eigenvalue weighted by molar-refractivity contribution is 0.726. The zero-order valence-electron chi connectivity index (χ0n) is 11.2. The fourth-order valence-electron chi connectivity index (χ4n) is 2.58. The number of aromatic nitrogens is 1. The van der Waals surface area contributed by atoms with Crippen molar-refractivity contribution in [2.45, 2.75) is 40.2 Å². The average molecular weight is 230 g/mol. The maximum Gasteiger partial charge on any atom is 0.0516 e. The average Bonchev–Trinajstić information content (AvgIpc) is 2.65. The molecule has 0 unspecified atom stereocenters. The van der Waals surface area contributed by atoms with E-state index in [1.807, 2.05) is 0 Å². The summed E-state index contributed by atoms with van der Waals surface area (Å²) in [6.07, 6.45) is 2.28. The Bertz CT molecular complexity index is 535. The molecule has 0 saturated heterocycles. The number of fused-ring (bicyclic) bond motifs is 1. The van der Waals surface area contributed by atoms with Crippen molar-refractivity contribution in [1.29, 1.82) is 0 Å². The van der Waals surface area contributed by atoms with Gasteiger partial charge in [0, 0.05) is 24.7 Å². The third-order valence-corrected chi connectivity index (χ3v) is 3.45. The van der Waals surface area contributed by atoms with Crippen LogP contribution in [0.25, 0.3) is 10.9 Å². The molecule has 0 aliphatic rings. The summed E-state index contributed by atoms with van der Waals surface area (Å²) in [6.45, 7) is 10.5. The van der Waals surface area contributed by atoms with Gasteiger partial charge in [-0.2, -0.15) is 0 Å². The van der Waals surface area contributed by atoms with E-state index in [4.69, 9.17) is 5.73 Å². The number of hydrogen-bond acceptors (Lipinski definition) is 1. The molecule has 0 amide bonds. The van der Waals surface area contributed by atoms with Gasteiger partial charge in [-0.05, 0) is 36.5 Å². The molecule has 0 atom stereocenters. The van der Waals surface area contributed by atoms with Gasteiger partial charge in [0.25, 0.3) is 0 Å². The van der Waals surface area contributed by atoms with E-state index in [2.05, 4.69) is 50.6 Å². The first-order chi connectivity index (χ1) is 8.06. The fourth-order valence-corrected chi connectivity index (χ4v) is 2.58. The highest BCUT2D eigenvalue weighted by atomic mass is 15.0. The molecule has 1 aromatic carbocycles. The van der Waals surface area contributed by atoms with Crippen LogP contribution < -0.4 is 5.73 Å². The number of nitrogens with two attached hydrogens (primary N) is 1. The second kappa shape index (κ2) is 4.53. The molecule has 0 fully saturated rings. The van der Waals surface area contributed by atoms with Crippen LogP contribution in [0.4, 0.5) is 0 Å². The highest BCUT2D eigenvalue weighted by Crippen LogP contribution is 2.32. The number of aryl methyl sites for hydroxylation is 2. The van der Waals surface area contributed by atoms with Gasteiger partial charge in [0.2, 0.25) is 0 Å². The molecule has 0 bridgehead atoms. The van der Waals surface area contributed by atoms with E-state index in [9.17, 15) is 0 Å². The second-order valence-electron chi connectivity index (χ2n) is 5.14. The lowest BCUT2D eigenvalue weighted by atomic mass is 9.98. The van der Waals surface area contributed by atoms with E-state index in [-0.39, 0.29) is 0 Å². The van der Waals surface area contributed by atoms with Crippen LogP contribution in [0.2, 0.25) is 0 Å². The zero-order valence-corrected chi connectivity index (χ0v) is 11.2. The van der Waals surface area contributed by atoms with Crippen molar-refractivity contribution in [3.63, 3.8) is 0 Å². The van der Waals surface area contributed by atoms with Gasteiger partial charge in [0.1, 0.15) is 0 Å². The minimum Gasteiger partial charge on any atom is -0.346 e. The summed E-state index contributed by atoms with van der Waals surface area (Å²) in [6, 6.07) is 4.42. The van der Waals surface area contributed by atoms with Crippen molar-refractivity contribution in [1.82, 2.24) is 4.57 Å². The first kappa shape index (κ1) is 12.2. The summed E-state index contributed by atoms with van der Waals surface area (Å²) in [7, 11) is 0. The lowest BCUT2D eigenvalue weighted by Crippen LogP contribution is -2.09. The summed E-state index contributed by atoms with van der Waals surface area (Å²) in [5.74, 6) is 0.553. The largest absolute Gasteiger partial charge is 0.346 e. The van der Waals surface area contributed by atoms with Crippen LogP contribution in [0.15, 0.2) is 18.3 Å². The summed E-state index contributed by atoms with van der Waals surface area (Å²) in [4.78, 5) is 0. The highest BCUT2D eigenvalue weighted by molar-refractivity contribution is 5.90. The van der Waals surface area contributed by atoms with Crippen molar-refractivity contribution in [2.24, 2.45) is 5.73 Å². The highest BCUT2D eigenvalue weighted by Gasteiger charge is 2.14. The van der Waals surface area contributed by atoms with Crippen LogP contribution in [0.1, 0.15) is 36.5 Å². The van der Waals surface area contributed by atoms with Crippen molar-refractivity contribution >= 4 is 10.9 Å². The summed E-state index contributed by atoms with van der Waals surface area (Å²) in [5, 5.41) is 1.42. The van der Waals surface area contributed by atoms with Crippen LogP contribution in [0.3, 0.4) is 0 Å². The maximum absolute atomic E-state index is 5.70. The molecule has 2 aromatic rings. The smallest absolute Gasteiger partial charge is 0.0516 e. The molecule has 2 rings (SSSR count). The molecule has 92 valence electrons. The Morgan fingerprint density at radius 3 is 2.41 bits per heavy atom. The molecule has 0 radical (unpaired) electrons. The number of rotatable bonds is 3. The van der Waals surface area contributed by atoms with E-state index < -0.39 is 0 Å². The Morgan fingerprint density at radius 2 is 1.82 bits per heavy atom. The van der Waals surface area contributed by atoms with Gasteiger partial charge < -0.3 is 10.3 Å².